The van der Waals surface area contributed by atoms with E-state index >= 15 is 0 Å². The fourth-order valence-corrected chi connectivity index (χ4v) is 2.36. The molecular formula is C11H14N2S. The molecule has 0 aliphatic carbocycles. The van der Waals surface area contributed by atoms with Crippen LogP contribution < -0.4 is 5.73 Å². The van der Waals surface area contributed by atoms with Crippen molar-refractivity contribution in [2.45, 2.75) is 19.8 Å². The summed E-state index contributed by atoms with van der Waals surface area (Å²) < 4.78 is 1.28. The lowest BCUT2D eigenvalue weighted by molar-refractivity contribution is 0.833. The summed E-state index contributed by atoms with van der Waals surface area (Å²) in [6, 6.07) is 6.51. The normalized spacial score (nSPS) is 11.0. The minimum atomic E-state index is 0.758. The molecule has 2 rings (SSSR count). The van der Waals surface area contributed by atoms with E-state index in [4.69, 9.17) is 5.73 Å². The predicted molar refractivity (Wildman–Crippen MR) is 61.7 cm³/mol. The highest BCUT2D eigenvalue weighted by atomic mass is 32.1. The molecule has 0 bridgehead atoms. The molecule has 0 saturated carbocycles. The summed E-state index contributed by atoms with van der Waals surface area (Å²) in [5, 5.41) is 1.14. The molecule has 1 aromatic carbocycles. The molecular weight excluding hydrogens is 192 g/mol. The van der Waals surface area contributed by atoms with Gasteiger partial charge in [0.1, 0.15) is 0 Å². The lowest BCUT2D eigenvalue weighted by Crippen LogP contribution is -2.00. The maximum atomic E-state index is 5.48. The van der Waals surface area contributed by atoms with Crippen molar-refractivity contribution in [3.05, 3.63) is 28.8 Å². The topological polar surface area (TPSA) is 38.9 Å². The fraction of sp³-hybridized carbons (Fsp3) is 0.364. The second-order valence-corrected chi connectivity index (χ2v) is 4.66. The van der Waals surface area contributed by atoms with Gasteiger partial charge in [0.25, 0.3) is 0 Å². The van der Waals surface area contributed by atoms with Crippen LogP contribution in [0.15, 0.2) is 18.2 Å². The summed E-state index contributed by atoms with van der Waals surface area (Å²) in [6.07, 6.45) is 2.11. The molecule has 2 nitrogen and oxygen atoms in total. The zero-order valence-electron chi connectivity index (χ0n) is 8.29. The van der Waals surface area contributed by atoms with Gasteiger partial charge in [-0.05, 0) is 44.0 Å². The first-order valence-electron chi connectivity index (χ1n) is 4.86. The quantitative estimate of drug-likeness (QED) is 0.838. The lowest BCUT2D eigenvalue weighted by atomic mass is 10.1. The Kier molecular flexibility index (Phi) is 2.79. The summed E-state index contributed by atoms with van der Waals surface area (Å²) in [7, 11) is 0. The van der Waals surface area contributed by atoms with E-state index in [1.165, 1.54) is 10.3 Å². The highest BCUT2D eigenvalue weighted by Gasteiger charge is 2.00. The van der Waals surface area contributed by atoms with Gasteiger partial charge in [-0.3, -0.25) is 0 Å². The number of hydrogen-bond acceptors (Lipinski definition) is 3. The van der Waals surface area contributed by atoms with Crippen molar-refractivity contribution < 1.29 is 0 Å². The van der Waals surface area contributed by atoms with Crippen LogP contribution in [0.1, 0.15) is 17.0 Å². The van der Waals surface area contributed by atoms with E-state index in [2.05, 4.69) is 23.2 Å². The Labute approximate surface area is 87.8 Å². The Hall–Kier alpha value is -0.930. The molecule has 0 unspecified atom stereocenters. The molecule has 0 saturated heterocycles. The molecule has 3 heteroatoms. The summed E-state index contributed by atoms with van der Waals surface area (Å²) in [4.78, 5) is 4.47. The zero-order valence-corrected chi connectivity index (χ0v) is 9.10. The van der Waals surface area contributed by atoms with E-state index in [-0.39, 0.29) is 0 Å². The minimum absolute atomic E-state index is 0.758. The van der Waals surface area contributed by atoms with Crippen LogP contribution in [0.4, 0.5) is 0 Å². The van der Waals surface area contributed by atoms with Crippen LogP contribution >= 0.6 is 11.3 Å². The number of fused-ring (bicyclic) bond motifs is 1. The maximum Gasteiger partial charge on any atom is 0.0907 e. The van der Waals surface area contributed by atoms with E-state index in [0.29, 0.717) is 0 Å². The molecule has 14 heavy (non-hydrogen) atoms. The Morgan fingerprint density at radius 3 is 3.07 bits per heavy atom. The fourth-order valence-electron chi connectivity index (χ4n) is 1.55. The first-order valence-corrected chi connectivity index (χ1v) is 5.67. The van der Waals surface area contributed by atoms with Gasteiger partial charge in [0.05, 0.1) is 15.2 Å². The van der Waals surface area contributed by atoms with Crippen LogP contribution in [-0.2, 0) is 6.42 Å². The minimum Gasteiger partial charge on any atom is -0.330 e. The smallest absolute Gasteiger partial charge is 0.0907 e. The number of rotatable bonds is 3. The Balaban J connectivity index is 2.31. The molecule has 1 heterocycles. The van der Waals surface area contributed by atoms with Gasteiger partial charge in [0, 0.05) is 0 Å². The van der Waals surface area contributed by atoms with Gasteiger partial charge in [-0.2, -0.15) is 0 Å². The first-order chi connectivity index (χ1) is 6.79. The highest BCUT2D eigenvalue weighted by molar-refractivity contribution is 7.18. The van der Waals surface area contributed by atoms with Crippen molar-refractivity contribution in [3.63, 3.8) is 0 Å². The van der Waals surface area contributed by atoms with Crippen molar-refractivity contribution in [2.75, 3.05) is 6.54 Å². The molecule has 0 aliphatic rings. The van der Waals surface area contributed by atoms with Gasteiger partial charge >= 0.3 is 0 Å². The molecule has 0 radical (unpaired) electrons. The molecule has 74 valence electrons. The van der Waals surface area contributed by atoms with Gasteiger partial charge in [0.15, 0.2) is 0 Å². The number of nitrogens with zero attached hydrogens (tertiary/aromatic N) is 1. The van der Waals surface area contributed by atoms with Crippen LogP contribution in [0.2, 0.25) is 0 Å². The lowest BCUT2D eigenvalue weighted by Gasteiger charge is -1.98. The average molecular weight is 206 g/mol. The van der Waals surface area contributed by atoms with Gasteiger partial charge < -0.3 is 5.73 Å². The number of aryl methyl sites for hydroxylation is 2. The first kappa shape index (κ1) is 9.62. The van der Waals surface area contributed by atoms with Gasteiger partial charge in [-0.25, -0.2) is 4.98 Å². The number of thiazole rings is 1. The van der Waals surface area contributed by atoms with E-state index in [1.54, 1.807) is 11.3 Å². The van der Waals surface area contributed by atoms with Gasteiger partial charge in [0.2, 0.25) is 0 Å². The molecule has 2 N–H and O–H groups in total. The third kappa shape index (κ3) is 1.94. The number of aromatic nitrogens is 1. The van der Waals surface area contributed by atoms with Gasteiger partial charge in [-0.15, -0.1) is 11.3 Å². The monoisotopic (exact) mass is 206 g/mol. The second-order valence-electron chi connectivity index (χ2n) is 3.43. The average Bonchev–Trinajstić information content (AvgIpc) is 2.54. The molecule has 2 aromatic rings. The van der Waals surface area contributed by atoms with Crippen LogP contribution in [0.25, 0.3) is 10.2 Å². The standard InChI is InChI=1S/C11H14N2S/c1-8-13-10-7-9(3-2-6-12)4-5-11(10)14-8/h4-5,7H,2-3,6,12H2,1H3. The SMILES string of the molecule is Cc1nc2cc(CCCN)ccc2s1. The summed E-state index contributed by atoms with van der Waals surface area (Å²) >= 11 is 1.75. The summed E-state index contributed by atoms with van der Waals surface area (Å²) in [5.74, 6) is 0. The molecule has 0 atom stereocenters. The molecule has 1 aromatic heterocycles. The third-order valence-corrected chi connectivity index (χ3v) is 3.18. The van der Waals surface area contributed by atoms with Crippen molar-refractivity contribution >= 4 is 21.6 Å². The van der Waals surface area contributed by atoms with E-state index in [9.17, 15) is 0 Å². The molecule has 0 spiro atoms. The van der Waals surface area contributed by atoms with Crippen LogP contribution in [0.5, 0.6) is 0 Å². The van der Waals surface area contributed by atoms with E-state index < -0.39 is 0 Å². The Morgan fingerprint density at radius 2 is 2.29 bits per heavy atom. The predicted octanol–water partition coefficient (Wildman–Crippen LogP) is 2.50. The third-order valence-electron chi connectivity index (χ3n) is 2.23. The number of nitrogens with two attached hydrogens (primary N) is 1. The Morgan fingerprint density at radius 1 is 1.43 bits per heavy atom. The number of benzene rings is 1. The van der Waals surface area contributed by atoms with Crippen molar-refractivity contribution in [1.82, 2.24) is 4.98 Å². The van der Waals surface area contributed by atoms with E-state index in [0.717, 1.165) is 29.9 Å². The second kappa shape index (κ2) is 4.07. The summed E-state index contributed by atoms with van der Waals surface area (Å²) in [6.45, 7) is 2.80. The highest BCUT2D eigenvalue weighted by Crippen LogP contribution is 2.22. The Bertz CT molecular complexity index is 434. The zero-order chi connectivity index (χ0) is 9.97. The number of hydrogen-bond donors (Lipinski definition) is 1. The van der Waals surface area contributed by atoms with Crippen molar-refractivity contribution in [1.29, 1.82) is 0 Å². The van der Waals surface area contributed by atoms with Crippen LogP contribution in [-0.4, -0.2) is 11.5 Å². The van der Waals surface area contributed by atoms with Crippen LogP contribution in [0, 0.1) is 6.92 Å². The molecule has 0 fully saturated rings. The van der Waals surface area contributed by atoms with Crippen molar-refractivity contribution in [2.24, 2.45) is 5.73 Å². The maximum absolute atomic E-state index is 5.48. The van der Waals surface area contributed by atoms with Gasteiger partial charge in [-0.1, -0.05) is 6.07 Å². The van der Waals surface area contributed by atoms with E-state index in [1.807, 2.05) is 6.92 Å². The molecule has 0 aliphatic heterocycles. The van der Waals surface area contributed by atoms with Crippen LogP contribution in [0.3, 0.4) is 0 Å². The molecule has 0 amide bonds. The largest absolute Gasteiger partial charge is 0.330 e. The van der Waals surface area contributed by atoms with Crippen molar-refractivity contribution in [3.8, 4) is 0 Å². The summed E-state index contributed by atoms with van der Waals surface area (Å²) in [5.41, 5.74) is 7.95.